The van der Waals surface area contributed by atoms with Gasteiger partial charge in [-0.15, -0.1) is 22.0 Å². The smallest absolute Gasteiger partial charge is 0.273 e. The third-order valence-electron chi connectivity index (χ3n) is 5.02. The molecule has 0 bridgehead atoms. The molecule has 1 unspecified atom stereocenters. The van der Waals surface area contributed by atoms with E-state index < -0.39 is 12.9 Å². The van der Waals surface area contributed by atoms with Crippen molar-refractivity contribution in [2.24, 2.45) is 11.3 Å². The molecule has 2 aromatic rings. The van der Waals surface area contributed by atoms with E-state index in [9.17, 15) is 9.59 Å². The second-order valence-electron chi connectivity index (χ2n) is 6.73. The number of carbonyl (C=O) groups is 2. The highest BCUT2D eigenvalue weighted by Gasteiger charge is 2.65. The second kappa shape index (κ2) is 6.80. The van der Waals surface area contributed by atoms with Gasteiger partial charge in [0.2, 0.25) is 5.91 Å². The maximum absolute atomic E-state index is 12.4. The van der Waals surface area contributed by atoms with Gasteiger partial charge in [0, 0.05) is 34.2 Å². The summed E-state index contributed by atoms with van der Waals surface area (Å²) in [6.45, 7) is -2.68. The average molecular weight is 387 g/mol. The predicted octanol–water partition coefficient (Wildman–Crippen LogP) is 2.44. The third kappa shape index (κ3) is 3.46. The van der Waals surface area contributed by atoms with E-state index in [1.165, 1.54) is 17.8 Å². The van der Waals surface area contributed by atoms with Crippen LogP contribution < -0.4 is 16.0 Å². The van der Waals surface area contributed by atoms with Crippen LogP contribution in [0.4, 0.5) is 17.3 Å². The zero-order valence-electron chi connectivity index (χ0n) is 17.6. The lowest BCUT2D eigenvalue weighted by atomic mass is 10.2. The first-order valence-corrected chi connectivity index (χ1v) is 9.70. The van der Waals surface area contributed by atoms with E-state index in [1.807, 2.05) is 17.6 Å². The number of anilines is 3. The van der Waals surface area contributed by atoms with Crippen LogP contribution in [0.15, 0.2) is 29.3 Å². The Labute approximate surface area is 165 Å². The summed E-state index contributed by atoms with van der Waals surface area (Å²) >= 11 is 1.45. The minimum atomic E-state index is -2.68. The number of carbonyl (C=O) groups excluding carboxylic acids is 2. The van der Waals surface area contributed by atoms with Crippen LogP contribution in [0.5, 0.6) is 0 Å². The molecule has 2 aliphatic rings. The molecule has 0 aliphatic heterocycles. The van der Waals surface area contributed by atoms with Crippen LogP contribution in [0.1, 0.15) is 33.9 Å². The van der Waals surface area contributed by atoms with Crippen molar-refractivity contribution in [1.82, 2.24) is 20.5 Å². The molecule has 4 rings (SSSR count). The molecular formula is C18H20N6O2S. The standard InChI is InChI=1S/C18H20N6O2S/c1-19-17(26)14-11(21-15-12(27-2)4-3-7-20-15)8-13(23-24-14)22-16(25)10-9-18(10)5-6-18/h3-4,7-8,10H,5-6,9H2,1-2H3,(H,19,26)(H2,20,21,22,23,25)/i1D3. The molecule has 0 saturated heterocycles. The van der Waals surface area contributed by atoms with Crippen molar-refractivity contribution in [3.05, 3.63) is 30.1 Å². The molecule has 1 atom stereocenters. The van der Waals surface area contributed by atoms with E-state index >= 15 is 0 Å². The summed E-state index contributed by atoms with van der Waals surface area (Å²) in [5.74, 6) is -0.388. The first-order chi connectivity index (χ1) is 14.2. The number of nitrogens with one attached hydrogen (secondary N) is 3. The van der Waals surface area contributed by atoms with E-state index in [0.29, 0.717) is 5.82 Å². The first kappa shape index (κ1) is 14.4. The summed E-state index contributed by atoms with van der Waals surface area (Å²) in [7, 11) is 0. The van der Waals surface area contributed by atoms with Gasteiger partial charge in [-0.2, -0.15) is 0 Å². The summed E-state index contributed by atoms with van der Waals surface area (Å²) in [6.07, 6.45) is 6.51. The highest BCUT2D eigenvalue weighted by atomic mass is 32.2. The summed E-state index contributed by atoms with van der Waals surface area (Å²) in [6, 6.07) is 5.08. The Bertz CT molecular complexity index is 1010. The minimum absolute atomic E-state index is 0.00636. The molecule has 3 N–H and O–H groups in total. The normalized spacial score (nSPS) is 20.8. The number of hydrogen-bond donors (Lipinski definition) is 3. The lowest BCUT2D eigenvalue weighted by Gasteiger charge is -2.13. The maximum Gasteiger partial charge on any atom is 0.273 e. The first-order valence-electron chi connectivity index (χ1n) is 9.98. The van der Waals surface area contributed by atoms with E-state index in [2.05, 4.69) is 25.8 Å². The topological polar surface area (TPSA) is 109 Å². The van der Waals surface area contributed by atoms with Crippen LogP contribution in [0.3, 0.4) is 0 Å². The fourth-order valence-electron chi connectivity index (χ4n) is 3.20. The van der Waals surface area contributed by atoms with Crippen LogP contribution in [0, 0.1) is 11.3 Å². The number of amides is 2. The molecule has 2 amide bonds. The van der Waals surface area contributed by atoms with Gasteiger partial charge in [-0.1, -0.05) is 0 Å². The second-order valence-corrected chi connectivity index (χ2v) is 7.58. The molecular weight excluding hydrogens is 364 g/mol. The summed E-state index contributed by atoms with van der Waals surface area (Å²) < 4.78 is 21.8. The number of rotatable bonds is 6. The fourth-order valence-corrected chi connectivity index (χ4v) is 3.71. The van der Waals surface area contributed by atoms with E-state index in [-0.39, 0.29) is 34.4 Å². The van der Waals surface area contributed by atoms with Crippen molar-refractivity contribution in [2.75, 3.05) is 23.9 Å². The van der Waals surface area contributed by atoms with Crippen molar-refractivity contribution < 1.29 is 13.7 Å². The van der Waals surface area contributed by atoms with Gasteiger partial charge in [0.15, 0.2) is 11.5 Å². The Hall–Kier alpha value is -2.68. The van der Waals surface area contributed by atoms with Crippen LogP contribution in [0.2, 0.25) is 0 Å². The molecule has 27 heavy (non-hydrogen) atoms. The predicted molar refractivity (Wildman–Crippen MR) is 103 cm³/mol. The molecule has 140 valence electrons. The highest BCUT2D eigenvalue weighted by molar-refractivity contribution is 7.98. The Morgan fingerprint density at radius 3 is 2.93 bits per heavy atom. The van der Waals surface area contributed by atoms with E-state index in [0.717, 1.165) is 24.2 Å². The van der Waals surface area contributed by atoms with Gasteiger partial charge in [0.25, 0.3) is 5.91 Å². The number of hydrogen-bond acceptors (Lipinski definition) is 7. The molecule has 2 heterocycles. The molecule has 2 aliphatic carbocycles. The van der Waals surface area contributed by atoms with Crippen molar-refractivity contribution in [3.8, 4) is 0 Å². The monoisotopic (exact) mass is 387 g/mol. The molecule has 8 nitrogen and oxygen atoms in total. The molecule has 2 fully saturated rings. The van der Waals surface area contributed by atoms with Crippen LogP contribution in [-0.4, -0.2) is 40.2 Å². The van der Waals surface area contributed by atoms with Gasteiger partial charge in [0.1, 0.15) is 5.82 Å². The summed E-state index contributed by atoms with van der Waals surface area (Å²) in [4.78, 5) is 30.0. The van der Waals surface area contributed by atoms with Crippen molar-refractivity contribution >= 4 is 40.9 Å². The van der Waals surface area contributed by atoms with Gasteiger partial charge in [-0.25, -0.2) is 4.98 Å². The largest absolute Gasteiger partial charge is 0.354 e. The van der Waals surface area contributed by atoms with Crippen LogP contribution in [-0.2, 0) is 4.79 Å². The Kier molecular flexibility index (Phi) is 3.63. The molecule has 9 heteroatoms. The Morgan fingerprint density at radius 2 is 2.22 bits per heavy atom. The summed E-state index contributed by atoms with van der Waals surface area (Å²) in [5.41, 5.74) is 0.166. The van der Waals surface area contributed by atoms with Crippen LogP contribution in [0.25, 0.3) is 0 Å². The van der Waals surface area contributed by atoms with Gasteiger partial charge in [-0.3, -0.25) is 9.59 Å². The fraction of sp³-hybridized carbons (Fsp3) is 0.389. The summed E-state index contributed by atoms with van der Waals surface area (Å²) in [5, 5.41) is 15.4. The van der Waals surface area contributed by atoms with Gasteiger partial charge < -0.3 is 16.0 Å². The van der Waals surface area contributed by atoms with Crippen molar-refractivity contribution in [2.45, 2.75) is 24.2 Å². The number of pyridine rings is 1. The maximum atomic E-state index is 12.4. The number of nitrogens with zero attached hydrogens (tertiary/aromatic N) is 3. The molecule has 0 radical (unpaired) electrons. The molecule has 1 spiro atoms. The van der Waals surface area contributed by atoms with E-state index in [1.54, 1.807) is 12.3 Å². The zero-order valence-corrected chi connectivity index (χ0v) is 15.4. The van der Waals surface area contributed by atoms with Crippen molar-refractivity contribution in [1.29, 1.82) is 0 Å². The average Bonchev–Trinajstić information content (AvgIpc) is 3.60. The minimum Gasteiger partial charge on any atom is -0.354 e. The Balaban J connectivity index is 1.61. The van der Waals surface area contributed by atoms with E-state index in [4.69, 9.17) is 4.11 Å². The number of aromatic nitrogens is 3. The zero-order chi connectivity index (χ0) is 21.5. The molecule has 0 aromatic carbocycles. The SMILES string of the molecule is [2H]C([2H])([2H])NC(=O)c1nnc(NC(=O)C2CC23CC3)cc1Nc1ncccc1SC. The lowest BCUT2D eigenvalue weighted by Crippen LogP contribution is -2.23. The molecule has 2 aromatic heterocycles. The van der Waals surface area contributed by atoms with Gasteiger partial charge in [0.05, 0.1) is 5.69 Å². The lowest BCUT2D eigenvalue weighted by molar-refractivity contribution is -0.117. The molecule has 2 saturated carbocycles. The third-order valence-corrected chi connectivity index (χ3v) is 5.79. The Morgan fingerprint density at radius 1 is 1.37 bits per heavy atom. The highest BCUT2D eigenvalue weighted by Crippen LogP contribution is 2.70. The van der Waals surface area contributed by atoms with Gasteiger partial charge >= 0.3 is 0 Å². The van der Waals surface area contributed by atoms with Crippen molar-refractivity contribution in [3.63, 3.8) is 0 Å². The number of thioether (sulfide) groups is 1. The van der Waals surface area contributed by atoms with Gasteiger partial charge in [-0.05, 0) is 43.1 Å². The van der Waals surface area contributed by atoms with Crippen LogP contribution >= 0.6 is 11.8 Å². The quantitative estimate of drug-likeness (QED) is 0.653.